The molecule has 25 heavy (non-hydrogen) atoms. The van der Waals surface area contributed by atoms with Gasteiger partial charge >= 0.3 is 0 Å². The lowest BCUT2D eigenvalue weighted by atomic mass is 10.2. The van der Waals surface area contributed by atoms with Crippen molar-refractivity contribution in [1.82, 2.24) is 9.88 Å². The van der Waals surface area contributed by atoms with E-state index in [0.717, 1.165) is 16.9 Å². The van der Waals surface area contributed by atoms with E-state index in [0.29, 0.717) is 16.6 Å². The maximum atomic E-state index is 12.8. The zero-order chi connectivity index (χ0) is 18.0. The first kappa shape index (κ1) is 17.9. The second kappa shape index (κ2) is 7.58. The number of carbonyl (C=O) groups excluding carboxylic acids is 2. The zero-order valence-electron chi connectivity index (χ0n) is 14.5. The molecule has 1 saturated heterocycles. The molecular weight excluding hydrogens is 354 g/mol. The monoisotopic (exact) mass is 375 g/mol. The van der Waals surface area contributed by atoms with E-state index in [1.54, 1.807) is 16.7 Å². The summed E-state index contributed by atoms with van der Waals surface area (Å²) in [5, 5.41) is 5.30. The Hall–Kier alpha value is -1.86. The van der Waals surface area contributed by atoms with Gasteiger partial charge in [-0.25, -0.2) is 4.98 Å². The van der Waals surface area contributed by atoms with E-state index >= 15 is 0 Å². The van der Waals surface area contributed by atoms with Crippen LogP contribution in [-0.2, 0) is 4.79 Å². The van der Waals surface area contributed by atoms with Crippen LogP contribution in [0.2, 0.25) is 0 Å². The molecule has 0 spiro atoms. The molecule has 1 N–H and O–H groups in total. The Morgan fingerprint density at radius 2 is 2.16 bits per heavy atom. The molecule has 7 heteroatoms. The third-order valence-corrected chi connectivity index (χ3v) is 5.89. The molecule has 5 nitrogen and oxygen atoms in total. The summed E-state index contributed by atoms with van der Waals surface area (Å²) in [6, 6.07) is 7.19. The van der Waals surface area contributed by atoms with Crippen molar-refractivity contribution >= 4 is 40.6 Å². The topological polar surface area (TPSA) is 62.3 Å². The molecule has 132 valence electrons. The van der Waals surface area contributed by atoms with Gasteiger partial charge in [-0.1, -0.05) is 26.0 Å². The lowest BCUT2D eigenvalue weighted by Gasteiger charge is -2.22. The van der Waals surface area contributed by atoms with E-state index in [9.17, 15) is 9.59 Å². The van der Waals surface area contributed by atoms with Crippen molar-refractivity contribution in [2.75, 3.05) is 16.9 Å². The fourth-order valence-electron chi connectivity index (χ4n) is 2.58. The third-order valence-electron chi connectivity index (χ3n) is 4.03. The molecule has 2 aromatic rings. The maximum absolute atomic E-state index is 12.8. The van der Waals surface area contributed by atoms with Crippen LogP contribution in [0.3, 0.4) is 0 Å². The highest BCUT2D eigenvalue weighted by atomic mass is 32.2. The average molecular weight is 376 g/mol. The fourth-order valence-corrected chi connectivity index (χ4v) is 4.67. The molecule has 1 aromatic heterocycles. The van der Waals surface area contributed by atoms with Crippen molar-refractivity contribution in [3.8, 4) is 0 Å². The summed E-state index contributed by atoms with van der Waals surface area (Å²) in [7, 11) is 0. The number of amides is 2. The second-order valence-electron chi connectivity index (χ2n) is 6.38. The summed E-state index contributed by atoms with van der Waals surface area (Å²) in [6.07, 6.45) is 0. The van der Waals surface area contributed by atoms with E-state index in [-0.39, 0.29) is 17.7 Å². The van der Waals surface area contributed by atoms with Crippen LogP contribution in [0, 0.1) is 6.92 Å². The number of hydrogen-bond donors (Lipinski definition) is 1. The normalized spacial score (nSPS) is 17.1. The van der Waals surface area contributed by atoms with Crippen LogP contribution in [0.15, 0.2) is 29.6 Å². The summed E-state index contributed by atoms with van der Waals surface area (Å²) in [6.45, 7) is 6.08. The van der Waals surface area contributed by atoms with Crippen molar-refractivity contribution in [2.45, 2.75) is 32.7 Å². The van der Waals surface area contributed by atoms with Gasteiger partial charge in [-0.05, 0) is 30.5 Å². The number of nitrogens with zero attached hydrogens (tertiary/aromatic N) is 2. The lowest BCUT2D eigenvalue weighted by molar-refractivity contribution is -0.119. The molecule has 0 radical (unpaired) electrons. The molecule has 1 atom stereocenters. The summed E-state index contributed by atoms with van der Waals surface area (Å²) in [5.41, 5.74) is 2.75. The summed E-state index contributed by atoms with van der Waals surface area (Å²) in [4.78, 5) is 31.5. The van der Waals surface area contributed by atoms with Crippen LogP contribution in [0.4, 0.5) is 5.69 Å². The van der Waals surface area contributed by atoms with Gasteiger partial charge < -0.3 is 10.2 Å². The minimum absolute atomic E-state index is 0.149. The van der Waals surface area contributed by atoms with Crippen molar-refractivity contribution in [1.29, 1.82) is 0 Å². The minimum Gasteiger partial charge on any atom is -0.324 e. The van der Waals surface area contributed by atoms with Gasteiger partial charge in [0.25, 0.3) is 5.91 Å². The van der Waals surface area contributed by atoms with Gasteiger partial charge in [0.15, 0.2) is 5.01 Å². The number of hydrogen-bond acceptors (Lipinski definition) is 5. The quantitative estimate of drug-likeness (QED) is 0.884. The second-order valence-corrected chi connectivity index (χ2v) is 8.24. The summed E-state index contributed by atoms with van der Waals surface area (Å²) in [5.74, 6) is 1.09. The molecule has 0 saturated carbocycles. The first-order valence-corrected chi connectivity index (χ1v) is 10.2. The number of thioether (sulfide) groups is 1. The van der Waals surface area contributed by atoms with Gasteiger partial charge in [0.2, 0.25) is 5.91 Å². The van der Waals surface area contributed by atoms with Crippen LogP contribution in [0.1, 0.15) is 40.8 Å². The number of thiazole rings is 1. The molecule has 2 amide bonds. The molecule has 1 fully saturated rings. The van der Waals surface area contributed by atoms with Crippen molar-refractivity contribution < 1.29 is 9.59 Å². The highest BCUT2D eigenvalue weighted by molar-refractivity contribution is 7.99. The molecule has 0 aliphatic carbocycles. The fraction of sp³-hybridized carbons (Fsp3) is 0.389. The van der Waals surface area contributed by atoms with Crippen LogP contribution < -0.4 is 5.32 Å². The number of carbonyl (C=O) groups is 2. The molecule has 3 rings (SSSR count). The summed E-state index contributed by atoms with van der Waals surface area (Å²) >= 11 is 2.94. The predicted molar refractivity (Wildman–Crippen MR) is 103 cm³/mol. The number of rotatable bonds is 4. The Morgan fingerprint density at radius 1 is 1.36 bits per heavy atom. The van der Waals surface area contributed by atoms with Gasteiger partial charge in [0, 0.05) is 16.8 Å². The van der Waals surface area contributed by atoms with Gasteiger partial charge in [0.1, 0.15) is 6.04 Å². The smallest absolute Gasteiger partial charge is 0.284 e. The van der Waals surface area contributed by atoms with Crippen molar-refractivity contribution in [2.24, 2.45) is 0 Å². The van der Waals surface area contributed by atoms with Gasteiger partial charge in [-0.15, -0.1) is 23.1 Å². The molecule has 1 aromatic carbocycles. The Balaban J connectivity index is 1.72. The lowest BCUT2D eigenvalue weighted by Crippen LogP contribution is -2.44. The Labute approximate surface area is 155 Å². The number of benzene rings is 1. The maximum Gasteiger partial charge on any atom is 0.284 e. The first-order chi connectivity index (χ1) is 12.0. The van der Waals surface area contributed by atoms with E-state index in [1.165, 1.54) is 11.3 Å². The summed E-state index contributed by atoms with van der Waals surface area (Å²) < 4.78 is 0. The minimum atomic E-state index is -0.468. The molecule has 0 unspecified atom stereocenters. The first-order valence-electron chi connectivity index (χ1n) is 8.17. The Morgan fingerprint density at radius 3 is 2.84 bits per heavy atom. The van der Waals surface area contributed by atoms with Crippen LogP contribution in [0.25, 0.3) is 0 Å². The Bertz CT molecular complexity index is 788. The number of aryl methyl sites for hydroxylation is 1. The number of anilines is 1. The van der Waals surface area contributed by atoms with Crippen molar-refractivity contribution in [3.05, 3.63) is 45.9 Å². The zero-order valence-corrected chi connectivity index (χ0v) is 16.1. The van der Waals surface area contributed by atoms with Crippen LogP contribution >= 0.6 is 23.1 Å². The molecule has 0 bridgehead atoms. The van der Waals surface area contributed by atoms with E-state index < -0.39 is 6.04 Å². The Kier molecular flexibility index (Phi) is 5.44. The molecular formula is C18H21N3O2S2. The van der Waals surface area contributed by atoms with E-state index in [4.69, 9.17) is 0 Å². The standard InChI is InChI=1S/C18H21N3O2S2/c1-11(2)14-8-25-17(20-14)18(23)21-10-24-9-15(21)16(22)19-13-6-4-5-12(3)7-13/h4-8,11,15H,9-10H2,1-3H3,(H,19,22)/t15-/m1/s1. The molecule has 1 aliphatic heterocycles. The number of aromatic nitrogens is 1. The third kappa shape index (κ3) is 4.04. The molecule has 1 aliphatic rings. The van der Waals surface area contributed by atoms with E-state index in [1.807, 2.05) is 50.4 Å². The van der Waals surface area contributed by atoms with Gasteiger partial charge in [-0.2, -0.15) is 0 Å². The number of nitrogens with one attached hydrogen (secondary N) is 1. The largest absolute Gasteiger partial charge is 0.324 e. The highest BCUT2D eigenvalue weighted by Crippen LogP contribution is 2.26. The van der Waals surface area contributed by atoms with E-state index in [2.05, 4.69) is 10.3 Å². The highest BCUT2D eigenvalue weighted by Gasteiger charge is 2.36. The molecule has 2 heterocycles. The van der Waals surface area contributed by atoms with Gasteiger partial charge in [0.05, 0.1) is 11.6 Å². The van der Waals surface area contributed by atoms with Crippen molar-refractivity contribution in [3.63, 3.8) is 0 Å². The van der Waals surface area contributed by atoms with Crippen LogP contribution in [0.5, 0.6) is 0 Å². The average Bonchev–Trinajstić information content (AvgIpc) is 3.24. The van der Waals surface area contributed by atoms with Crippen LogP contribution in [-0.4, -0.2) is 39.4 Å². The predicted octanol–water partition coefficient (Wildman–Crippen LogP) is 3.73. The SMILES string of the molecule is Cc1cccc(NC(=O)[C@H]2CSCN2C(=O)c2nc(C(C)C)cs2)c1. The van der Waals surface area contributed by atoms with Gasteiger partial charge in [-0.3, -0.25) is 9.59 Å².